The minimum atomic E-state index is -1.20. The van der Waals surface area contributed by atoms with Crippen molar-refractivity contribution >= 4 is 5.97 Å². The normalized spacial score (nSPS) is 17.2. The van der Waals surface area contributed by atoms with Crippen molar-refractivity contribution in [3.8, 4) is 28.4 Å². The number of hydrogen-bond acceptors (Lipinski definition) is 4. The summed E-state index contributed by atoms with van der Waals surface area (Å²) in [5.41, 5.74) is 1.16. The van der Waals surface area contributed by atoms with E-state index in [0.29, 0.717) is 61.5 Å². The zero-order chi connectivity index (χ0) is 27.1. The standard InChI is InChI=1S/C31H33F3O4/c1-3-5-18-37-23-12-10-21(11-13-23)26-16-17-28(30(34)29(26)33)38-31(35)22-8-6-20(7-9-22)25-15-14-24(36-4-2)19-27(25)32/h10-17,19-20,22H,3-9,18H2,1-2H3. The molecule has 3 aromatic rings. The lowest BCUT2D eigenvalue weighted by Crippen LogP contribution is -2.25. The van der Waals surface area contributed by atoms with Gasteiger partial charge < -0.3 is 14.2 Å². The molecule has 202 valence electrons. The molecule has 0 unspecified atom stereocenters. The molecule has 0 radical (unpaired) electrons. The molecule has 0 heterocycles. The molecule has 4 rings (SSSR count). The number of carbonyl (C=O) groups is 1. The molecule has 1 aliphatic carbocycles. The van der Waals surface area contributed by atoms with Gasteiger partial charge in [-0.15, -0.1) is 0 Å². The minimum Gasteiger partial charge on any atom is -0.494 e. The Labute approximate surface area is 221 Å². The summed E-state index contributed by atoms with van der Waals surface area (Å²) in [4.78, 5) is 12.7. The second-order valence-electron chi connectivity index (χ2n) is 9.55. The molecular formula is C31H33F3O4. The van der Waals surface area contributed by atoms with Gasteiger partial charge in [0.05, 0.1) is 19.1 Å². The van der Waals surface area contributed by atoms with Crippen molar-refractivity contribution in [3.05, 3.63) is 77.6 Å². The average molecular weight is 527 g/mol. The highest BCUT2D eigenvalue weighted by molar-refractivity contribution is 5.76. The smallest absolute Gasteiger partial charge is 0.314 e. The number of carbonyl (C=O) groups excluding carboxylic acids is 1. The van der Waals surface area contributed by atoms with Crippen LogP contribution in [0.1, 0.15) is 63.9 Å². The van der Waals surface area contributed by atoms with Crippen LogP contribution >= 0.6 is 0 Å². The molecule has 3 aromatic carbocycles. The number of unbranched alkanes of at least 4 members (excludes halogenated alkanes) is 1. The van der Waals surface area contributed by atoms with Gasteiger partial charge in [-0.3, -0.25) is 4.79 Å². The van der Waals surface area contributed by atoms with Crippen molar-refractivity contribution in [3.63, 3.8) is 0 Å². The molecule has 0 aliphatic heterocycles. The fourth-order valence-electron chi connectivity index (χ4n) is 4.83. The lowest BCUT2D eigenvalue weighted by atomic mass is 9.78. The molecule has 1 fully saturated rings. The van der Waals surface area contributed by atoms with Crippen molar-refractivity contribution < 1.29 is 32.2 Å². The summed E-state index contributed by atoms with van der Waals surface area (Å²) in [6.07, 6.45) is 4.10. The molecule has 0 saturated heterocycles. The molecule has 1 aliphatic rings. The van der Waals surface area contributed by atoms with Gasteiger partial charge >= 0.3 is 5.97 Å². The number of halogens is 3. The molecule has 0 N–H and O–H groups in total. The topological polar surface area (TPSA) is 44.8 Å². The van der Waals surface area contributed by atoms with E-state index in [0.717, 1.165) is 12.8 Å². The van der Waals surface area contributed by atoms with Crippen LogP contribution < -0.4 is 14.2 Å². The number of hydrogen-bond donors (Lipinski definition) is 0. The maximum absolute atomic E-state index is 14.9. The second-order valence-corrected chi connectivity index (χ2v) is 9.55. The number of esters is 1. The first-order valence-electron chi connectivity index (χ1n) is 13.3. The van der Waals surface area contributed by atoms with Crippen LogP contribution in [0.15, 0.2) is 54.6 Å². The van der Waals surface area contributed by atoms with Crippen molar-refractivity contribution in [1.82, 2.24) is 0 Å². The summed E-state index contributed by atoms with van der Waals surface area (Å²) in [7, 11) is 0. The first-order chi connectivity index (χ1) is 18.4. The van der Waals surface area contributed by atoms with Crippen LogP contribution in [0.25, 0.3) is 11.1 Å². The van der Waals surface area contributed by atoms with E-state index in [4.69, 9.17) is 14.2 Å². The molecule has 38 heavy (non-hydrogen) atoms. The van der Waals surface area contributed by atoms with Crippen molar-refractivity contribution in [2.24, 2.45) is 5.92 Å². The first kappa shape index (κ1) is 27.6. The molecule has 0 aromatic heterocycles. The Hall–Kier alpha value is -3.48. The fraction of sp³-hybridized carbons (Fsp3) is 0.387. The summed E-state index contributed by atoms with van der Waals surface area (Å²) in [5.74, 6) is -2.97. The zero-order valence-corrected chi connectivity index (χ0v) is 21.8. The lowest BCUT2D eigenvalue weighted by molar-refractivity contribution is -0.140. The predicted octanol–water partition coefficient (Wildman–Crippen LogP) is 8.23. The monoisotopic (exact) mass is 526 g/mol. The Morgan fingerprint density at radius 2 is 1.55 bits per heavy atom. The van der Waals surface area contributed by atoms with Gasteiger partial charge in [0.15, 0.2) is 11.6 Å². The van der Waals surface area contributed by atoms with Gasteiger partial charge in [0.1, 0.15) is 17.3 Å². The Balaban J connectivity index is 1.36. The van der Waals surface area contributed by atoms with Gasteiger partial charge in [0.2, 0.25) is 5.82 Å². The van der Waals surface area contributed by atoms with Crippen LogP contribution in [0.4, 0.5) is 13.2 Å². The van der Waals surface area contributed by atoms with E-state index < -0.39 is 29.3 Å². The van der Waals surface area contributed by atoms with Crippen molar-refractivity contribution in [1.29, 1.82) is 0 Å². The van der Waals surface area contributed by atoms with Gasteiger partial charge in [-0.05, 0) is 86.4 Å². The van der Waals surface area contributed by atoms with Crippen LogP contribution in [0.3, 0.4) is 0 Å². The highest BCUT2D eigenvalue weighted by atomic mass is 19.2. The van der Waals surface area contributed by atoms with E-state index in [2.05, 4.69) is 6.92 Å². The lowest BCUT2D eigenvalue weighted by Gasteiger charge is -2.28. The molecule has 7 heteroatoms. The SMILES string of the molecule is CCCCOc1ccc(-c2ccc(OC(=O)C3CCC(c4ccc(OCC)cc4F)CC3)c(F)c2F)cc1. The van der Waals surface area contributed by atoms with E-state index in [-0.39, 0.29) is 17.3 Å². The Kier molecular flexibility index (Phi) is 9.32. The van der Waals surface area contributed by atoms with E-state index in [1.807, 2.05) is 6.92 Å². The Morgan fingerprint density at radius 3 is 2.21 bits per heavy atom. The summed E-state index contributed by atoms with van der Waals surface area (Å²) in [5, 5.41) is 0. The minimum absolute atomic E-state index is 0.0216. The predicted molar refractivity (Wildman–Crippen MR) is 140 cm³/mol. The molecule has 0 bridgehead atoms. The van der Waals surface area contributed by atoms with Crippen LogP contribution in [0.5, 0.6) is 17.2 Å². The summed E-state index contributed by atoms with van der Waals surface area (Å²) in [6, 6.07) is 14.3. The summed E-state index contributed by atoms with van der Waals surface area (Å²) in [6.45, 7) is 4.96. The first-order valence-corrected chi connectivity index (χ1v) is 13.3. The number of rotatable bonds is 10. The molecular weight excluding hydrogens is 493 g/mol. The van der Waals surface area contributed by atoms with Crippen LogP contribution in [0, 0.1) is 23.4 Å². The van der Waals surface area contributed by atoms with Gasteiger partial charge in [-0.1, -0.05) is 31.5 Å². The molecule has 1 saturated carbocycles. The molecule has 0 amide bonds. The van der Waals surface area contributed by atoms with Gasteiger partial charge in [-0.25, -0.2) is 8.78 Å². The third-order valence-electron chi connectivity index (χ3n) is 6.97. The Morgan fingerprint density at radius 1 is 0.842 bits per heavy atom. The maximum atomic E-state index is 14.9. The van der Waals surface area contributed by atoms with Crippen LogP contribution in [0.2, 0.25) is 0 Å². The molecule has 0 spiro atoms. The quantitative estimate of drug-likeness (QED) is 0.152. The van der Waals surface area contributed by atoms with Gasteiger partial charge in [0.25, 0.3) is 0 Å². The maximum Gasteiger partial charge on any atom is 0.314 e. The van der Waals surface area contributed by atoms with Crippen molar-refractivity contribution in [2.45, 2.75) is 58.3 Å². The highest BCUT2D eigenvalue weighted by Crippen LogP contribution is 2.39. The van der Waals surface area contributed by atoms with E-state index in [1.54, 1.807) is 36.4 Å². The third kappa shape index (κ3) is 6.50. The number of ether oxygens (including phenoxy) is 3. The summed E-state index contributed by atoms with van der Waals surface area (Å²) < 4.78 is 60.5. The Bertz CT molecular complexity index is 1230. The third-order valence-corrected chi connectivity index (χ3v) is 6.97. The van der Waals surface area contributed by atoms with E-state index in [9.17, 15) is 18.0 Å². The molecule has 0 atom stereocenters. The fourth-order valence-corrected chi connectivity index (χ4v) is 4.83. The zero-order valence-electron chi connectivity index (χ0n) is 21.8. The number of benzene rings is 3. The van der Waals surface area contributed by atoms with Crippen LogP contribution in [-0.4, -0.2) is 19.2 Å². The highest BCUT2D eigenvalue weighted by Gasteiger charge is 2.30. The average Bonchev–Trinajstić information content (AvgIpc) is 2.92. The van der Waals surface area contributed by atoms with E-state index in [1.165, 1.54) is 18.2 Å². The summed E-state index contributed by atoms with van der Waals surface area (Å²) >= 11 is 0. The largest absolute Gasteiger partial charge is 0.494 e. The van der Waals surface area contributed by atoms with Gasteiger partial charge in [-0.2, -0.15) is 4.39 Å². The van der Waals surface area contributed by atoms with Crippen molar-refractivity contribution in [2.75, 3.05) is 13.2 Å². The van der Waals surface area contributed by atoms with Crippen LogP contribution in [-0.2, 0) is 4.79 Å². The van der Waals surface area contributed by atoms with E-state index >= 15 is 0 Å². The molecule has 4 nitrogen and oxygen atoms in total. The second kappa shape index (κ2) is 12.9. The van der Waals surface area contributed by atoms with Gasteiger partial charge in [0, 0.05) is 11.6 Å².